The van der Waals surface area contributed by atoms with Gasteiger partial charge in [0.1, 0.15) is 5.60 Å². The maximum absolute atomic E-state index is 12.5. The molecule has 0 unspecified atom stereocenters. The van der Waals surface area contributed by atoms with E-state index < -0.39 is 0 Å². The van der Waals surface area contributed by atoms with E-state index in [1.807, 2.05) is 14.1 Å². The third kappa shape index (κ3) is 4.99. The number of carbonyl (C=O) groups excluding carboxylic acids is 1. The Hall–Kier alpha value is -1.21. The van der Waals surface area contributed by atoms with Crippen molar-refractivity contribution >= 4 is 17.2 Å². The summed E-state index contributed by atoms with van der Waals surface area (Å²) in [5.74, 6) is 0.0485. The molecule has 1 N–H and O–H groups in total. The summed E-state index contributed by atoms with van der Waals surface area (Å²) in [6.07, 6.45) is 5.24. The molecular formula is C21H33N3O2S. The van der Waals surface area contributed by atoms with E-state index in [4.69, 9.17) is 4.74 Å². The third-order valence-electron chi connectivity index (χ3n) is 5.46. The third-order valence-corrected chi connectivity index (χ3v) is 6.82. The lowest BCUT2D eigenvalue weighted by atomic mass is 9.85. The Morgan fingerprint density at radius 1 is 1.37 bits per heavy atom. The van der Waals surface area contributed by atoms with E-state index in [9.17, 15) is 4.79 Å². The van der Waals surface area contributed by atoms with Gasteiger partial charge in [0.25, 0.3) is 5.91 Å². The molecule has 0 radical (unpaired) electrons. The van der Waals surface area contributed by atoms with Gasteiger partial charge in [-0.2, -0.15) is 0 Å². The first-order valence-electron chi connectivity index (χ1n) is 9.95. The standard InChI is InChI=1S/C21H33N3O2S/c1-16(2)5-10-24-11-7-21(8-12-24)19-17(6-14-26-21)15-18(27-19)20(25)22-9-13-23(3)4/h5,15H,6-14H2,1-4H3,(H,22,25). The number of allylic oxidation sites excluding steroid dienone is 1. The average molecular weight is 392 g/mol. The van der Waals surface area contributed by atoms with Gasteiger partial charge in [-0.1, -0.05) is 11.6 Å². The van der Waals surface area contributed by atoms with Crippen molar-refractivity contribution in [1.82, 2.24) is 15.1 Å². The Balaban J connectivity index is 1.67. The molecule has 2 aliphatic rings. The topological polar surface area (TPSA) is 44.8 Å². The second kappa shape index (κ2) is 8.86. The molecule has 0 atom stereocenters. The van der Waals surface area contributed by atoms with Crippen LogP contribution < -0.4 is 5.32 Å². The normalized spacial score (nSPS) is 19.1. The number of hydrogen-bond donors (Lipinski definition) is 1. The number of amides is 1. The Labute approximate surface area is 167 Å². The first-order chi connectivity index (χ1) is 12.9. The molecule has 0 aromatic carbocycles. The van der Waals surface area contributed by atoms with Gasteiger partial charge in [0.15, 0.2) is 0 Å². The van der Waals surface area contributed by atoms with E-state index in [2.05, 4.69) is 41.1 Å². The fraction of sp³-hybridized carbons (Fsp3) is 0.667. The van der Waals surface area contributed by atoms with Gasteiger partial charge in [0.2, 0.25) is 0 Å². The number of ether oxygens (including phenoxy) is 1. The summed E-state index contributed by atoms with van der Waals surface area (Å²) in [6, 6.07) is 2.10. The van der Waals surface area contributed by atoms with E-state index in [1.165, 1.54) is 16.0 Å². The van der Waals surface area contributed by atoms with E-state index in [-0.39, 0.29) is 11.5 Å². The van der Waals surface area contributed by atoms with Crippen LogP contribution in [-0.2, 0) is 16.8 Å². The highest BCUT2D eigenvalue weighted by atomic mass is 32.1. The summed E-state index contributed by atoms with van der Waals surface area (Å²) in [5.41, 5.74) is 2.51. The Morgan fingerprint density at radius 2 is 2.11 bits per heavy atom. The molecule has 2 aliphatic heterocycles. The molecule has 1 aromatic rings. The maximum atomic E-state index is 12.5. The van der Waals surface area contributed by atoms with Crippen LogP contribution in [0.5, 0.6) is 0 Å². The molecule has 1 aromatic heterocycles. The molecule has 1 amide bonds. The van der Waals surface area contributed by atoms with Crippen LogP contribution in [0, 0.1) is 0 Å². The van der Waals surface area contributed by atoms with Crippen molar-refractivity contribution in [2.24, 2.45) is 0 Å². The highest BCUT2D eigenvalue weighted by Crippen LogP contribution is 2.45. The molecule has 0 saturated carbocycles. The average Bonchev–Trinajstić information content (AvgIpc) is 3.07. The van der Waals surface area contributed by atoms with Crippen LogP contribution in [0.1, 0.15) is 46.8 Å². The summed E-state index contributed by atoms with van der Waals surface area (Å²) in [6.45, 7) is 9.71. The predicted molar refractivity (Wildman–Crippen MR) is 112 cm³/mol. The Kier molecular flexibility index (Phi) is 6.74. The van der Waals surface area contributed by atoms with Crippen molar-refractivity contribution in [3.63, 3.8) is 0 Å². The molecule has 5 nitrogen and oxygen atoms in total. The zero-order valence-corrected chi connectivity index (χ0v) is 18.0. The molecule has 1 saturated heterocycles. The number of nitrogens with zero attached hydrogens (tertiary/aromatic N) is 2. The number of likely N-dealkylation sites (tertiary alicyclic amines) is 1. The van der Waals surface area contributed by atoms with Crippen LogP contribution in [0.3, 0.4) is 0 Å². The van der Waals surface area contributed by atoms with Crippen molar-refractivity contribution in [3.8, 4) is 0 Å². The van der Waals surface area contributed by atoms with Crippen LogP contribution in [0.2, 0.25) is 0 Å². The van der Waals surface area contributed by atoms with Crippen LogP contribution >= 0.6 is 11.3 Å². The monoisotopic (exact) mass is 391 g/mol. The molecule has 1 fully saturated rings. The van der Waals surface area contributed by atoms with Gasteiger partial charge in [0.05, 0.1) is 11.5 Å². The van der Waals surface area contributed by atoms with Crippen molar-refractivity contribution in [3.05, 3.63) is 33.0 Å². The molecule has 3 heterocycles. The molecular weight excluding hydrogens is 358 g/mol. The highest BCUT2D eigenvalue weighted by Gasteiger charge is 2.42. The molecule has 27 heavy (non-hydrogen) atoms. The first kappa shape index (κ1) is 20.5. The second-order valence-corrected chi connectivity index (χ2v) is 9.25. The first-order valence-corrected chi connectivity index (χ1v) is 10.8. The molecule has 6 heteroatoms. The van der Waals surface area contributed by atoms with Crippen molar-refractivity contribution in [1.29, 1.82) is 0 Å². The zero-order chi connectivity index (χ0) is 19.4. The second-order valence-electron chi connectivity index (χ2n) is 8.20. The number of fused-ring (bicyclic) bond motifs is 2. The lowest BCUT2D eigenvalue weighted by Crippen LogP contribution is -2.46. The quantitative estimate of drug-likeness (QED) is 0.758. The van der Waals surface area contributed by atoms with Gasteiger partial charge in [0, 0.05) is 37.6 Å². The highest BCUT2D eigenvalue weighted by molar-refractivity contribution is 7.14. The van der Waals surface area contributed by atoms with E-state index in [1.54, 1.807) is 11.3 Å². The molecule has 0 bridgehead atoms. The van der Waals surface area contributed by atoms with E-state index in [0.29, 0.717) is 6.54 Å². The smallest absolute Gasteiger partial charge is 0.261 e. The largest absolute Gasteiger partial charge is 0.369 e. The number of hydrogen-bond acceptors (Lipinski definition) is 5. The molecule has 3 rings (SSSR count). The summed E-state index contributed by atoms with van der Waals surface area (Å²) < 4.78 is 6.34. The minimum absolute atomic E-state index is 0.0485. The predicted octanol–water partition coefficient (Wildman–Crippen LogP) is 2.87. The van der Waals surface area contributed by atoms with Gasteiger partial charge < -0.3 is 15.0 Å². The van der Waals surface area contributed by atoms with Gasteiger partial charge in [-0.05, 0) is 58.8 Å². The van der Waals surface area contributed by atoms with Gasteiger partial charge in [-0.3, -0.25) is 9.69 Å². The summed E-state index contributed by atoms with van der Waals surface area (Å²) >= 11 is 1.65. The van der Waals surface area contributed by atoms with Crippen LogP contribution in [-0.4, -0.2) is 69.1 Å². The maximum Gasteiger partial charge on any atom is 0.261 e. The van der Waals surface area contributed by atoms with Gasteiger partial charge in [-0.15, -0.1) is 11.3 Å². The summed E-state index contributed by atoms with van der Waals surface area (Å²) in [7, 11) is 4.03. The number of rotatable bonds is 6. The molecule has 1 spiro atoms. The fourth-order valence-electron chi connectivity index (χ4n) is 3.79. The van der Waals surface area contributed by atoms with Crippen LogP contribution in [0.15, 0.2) is 17.7 Å². The van der Waals surface area contributed by atoms with E-state index in [0.717, 1.165) is 56.9 Å². The molecule has 150 valence electrons. The van der Waals surface area contributed by atoms with Gasteiger partial charge in [-0.25, -0.2) is 0 Å². The van der Waals surface area contributed by atoms with Crippen molar-refractivity contribution < 1.29 is 9.53 Å². The zero-order valence-electron chi connectivity index (χ0n) is 17.1. The number of carbonyl (C=O) groups is 1. The lowest BCUT2D eigenvalue weighted by Gasteiger charge is -2.43. The van der Waals surface area contributed by atoms with Crippen molar-refractivity contribution in [2.45, 2.75) is 38.7 Å². The molecule has 0 aliphatic carbocycles. The lowest BCUT2D eigenvalue weighted by molar-refractivity contribution is -0.0938. The van der Waals surface area contributed by atoms with Crippen LogP contribution in [0.25, 0.3) is 0 Å². The Bertz CT molecular complexity index is 684. The number of likely N-dealkylation sites (N-methyl/N-ethyl adjacent to an activating group) is 1. The minimum atomic E-state index is -0.179. The number of thiophene rings is 1. The van der Waals surface area contributed by atoms with Crippen molar-refractivity contribution in [2.75, 3.05) is 53.4 Å². The summed E-state index contributed by atoms with van der Waals surface area (Å²) in [5, 5.41) is 3.04. The number of piperidine rings is 1. The van der Waals surface area contributed by atoms with E-state index >= 15 is 0 Å². The minimum Gasteiger partial charge on any atom is -0.369 e. The fourth-order valence-corrected chi connectivity index (χ4v) is 5.12. The number of nitrogens with one attached hydrogen (secondary N) is 1. The SMILES string of the molecule is CC(C)=CCN1CCC2(CC1)OCCc1cc(C(=O)NCCN(C)C)sc12. The van der Waals surface area contributed by atoms with Gasteiger partial charge >= 0.3 is 0 Å². The Morgan fingerprint density at radius 3 is 2.78 bits per heavy atom. The summed E-state index contributed by atoms with van der Waals surface area (Å²) in [4.78, 5) is 19.2. The van der Waals surface area contributed by atoms with Crippen LogP contribution in [0.4, 0.5) is 0 Å².